The molecule has 1 nitrogen and oxygen atoms in total. The highest BCUT2D eigenvalue weighted by Crippen LogP contribution is 2.31. The van der Waals surface area contributed by atoms with Crippen molar-refractivity contribution in [2.75, 3.05) is 0 Å². The smallest absolute Gasteiger partial charge is 0.0804 e. The van der Waals surface area contributed by atoms with Crippen LogP contribution in [0.3, 0.4) is 0 Å². The van der Waals surface area contributed by atoms with E-state index in [9.17, 15) is 0 Å². The molecular formula is C14H22O. The highest BCUT2D eigenvalue weighted by molar-refractivity contribution is 5.36. The third-order valence-corrected chi connectivity index (χ3v) is 2.76. The number of ether oxygens (including phenoxy) is 1. The number of benzene rings is 1. The van der Waals surface area contributed by atoms with E-state index in [4.69, 9.17) is 4.74 Å². The molecule has 0 N–H and O–H groups in total. The molecule has 1 aromatic rings. The summed E-state index contributed by atoms with van der Waals surface area (Å²) >= 11 is 0. The molecule has 0 bridgehead atoms. The minimum atomic E-state index is 0.288. The topological polar surface area (TPSA) is 9.23 Å². The van der Waals surface area contributed by atoms with Gasteiger partial charge in [-0.15, -0.1) is 0 Å². The molecule has 0 spiro atoms. The minimum Gasteiger partial charge on any atom is -0.369 e. The summed E-state index contributed by atoms with van der Waals surface area (Å²) in [4.78, 5) is 0. The van der Waals surface area contributed by atoms with Gasteiger partial charge in [0.1, 0.15) is 0 Å². The summed E-state index contributed by atoms with van der Waals surface area (Å²) in [6.45, 7) is 11.3. The third kappa shape index (κ3) is 2.60. The van der Waals surface area contributed by atoms with Crippen molar-refractivity contribution in [2.24, 2.45) is 0 Å². The molecule has 1 heteroatoms. The van der Waals surface area contributed by atoms with Crippen LogP contribution in [0.15, 0.2) is 18.2 Å². The molecule has 1 heterocycles. The molecule has 1 atom stereocenters. The van der Waals surface area contributed by atoms with Gasteiger partial charge in [-0.25, -0.2) is 0 Å². The number of hydrogen-bond donors (Lipinski definition) is 0. The Hall–Kier alpha value is -0.820. The Morgan fingerprint density at radius 1 is 1.27 bits per heavy atom. The lowest BCUT2D eigenvalue weighted by molar-refractivity contribution is 0.0796. The van der Waals surface area contributed by atoms with Gasteiger partial charge in [-0.3, -0.25) is 0 Å². The van der Waals surface area contributed by atoms with Gasteiger partial charge in [-0.05, 0) is 29.5 Å². The average Bonchev–Trinajstić information content (AvgIpc) is 2.63. The highest BCUT2D eigenvalue weighted by atomic mass is 16.5. The second-order valence-corrected chi connectivity index (χ2v) is 4.07. The zero-order chi connectivity index (χ0) is 11.4. The molecule has 0 amide bonds. The fraction of sp³-hybridized carbons (Fsp3) is 0.571. The third-order valence-electron chi connectivity index (χ3n) is 2.76. The van der Waals surface area contributed by atoms with Crippen LogP contribution in [0.1, 0.15) is 63.3 Å². The van der Waals surface area contributed by atoms with E-state index in [1.165, 1.54) is 16.7 Å². The quantitative estimate of drug-likeness (QED) is 0.660. The van der Waals surface area contributed by atoms with E-state index >= 15 is 0 Å². The van der Waals surface area contributed by atoms with Gasteiger partial charge >= 0.3 is 0 Å². The van der Waals surface area contributed by atoms with E-state index < -0.39 is 0 Å². The normalized spacial score (nSPS) is 18.4. The first kappa shape index (κ1) is 12.3. The maximum absolute atomic E-state index is 5.56. The zero-order valence-electron chi connectivity index (χ0n) is 10.5. The van der Waals surface area contributed by atoms with Gasteiger partial charge in [0, 0.05) is 0 Å². The van der Waals surface area contributed by atoms with Crippen molar-refractivity contribution < 1.29 is 4.74 Å². The lowest BCUT2D eigenvalue weighted by Gasteiger charge is -2.07. The molecule has 1 aliphatic rings. The highest BCUT2D eigenvalue weighted by Gasteiger charge is 2.19. The van der Waals surface area contributed by atoms with Crippen molar-refractivity contribution in [3.05, 3.63) is 34.9 Å². The fourth-order valence-electron chi connectivity index (χ4n) is 1.81. The lowest BCUT2D eigenvalue weighted by atomic mass is 9.97. The van der Waals surface area contributed by atoms with Crippen LogP contribution in [-0.4, -0.2) is 0 Å². The summed E-state index contributed by atoms with van der Waals surface area (Å²) in [5, 5.41) is 0. The summed E-state index contributed by atoms with van der Waals surface area (Å²) in [6.07, 6.45) is 0.288. The molecule has 1 unspecified atom stereocenters. The molecule has 1 aromatic carbocycles. The number of hydrogen-bond acceptors (Lipinski definition) is 1. The molecular weight excluding hydrogens is 184 g/mol. The average molecular weight is 206 g/mol. The van der Waals surface area contributed by atoms with E-state index in [0.29, 0.717) is 5.92 Å². The van der Waals surface area contributed by atoms with Gasteiger partial charge in [-0.1, -0.05) is 45.9 Å². The van der Waals surface area contributed by atoms with Crippen LogP contribution in [0.4, 0.5) is 0 Å². The lowest BCUT2D eigenvalue weighted by Crippen LogP contribution is -1.91. The first-order chi connectivity index (χ1) is 7.18. The zero-order valence-corrected chi connectivity index (χ0v) is 10.5. The van der Waals surface area contributed by atoms with Crippen molar-refractivity contribution in [1.29, 1.82) is 0 Å². The van der Waals surface area contributed by atoms with Crippen LogP contribution in [0, 0.1) is 0 Å². The van der Waals surface area contributed by atoms with Gasteiger partial charge in [0.05, 0.1) is 12.7 Å². The molecule has 0 saturated heterocycles. The van der Waals surface area contributed by atoms with Crippen molar-refractivity contribution in [2.45, 2.75) is 53.2 Å². The predicted molar refractivity (Wildman–Crippen MR) is 65.1 cm³/mol. The Kier molecular flexibility index (Phi) is 4.34. The Labute approximate surface area is 93.5 Å². The predicted octanol–water partition coefficient (Wildman–Crippen LogP) is 4.43. The summed E-state index contributed by atoms with van der Waals surface area (Å²) in [6, 6.07) is 6.71. The van der Waals surface area contributed by atoms with E-state index in [1.807, 2.05) is 13.8 Å². The molecule has 0 aromatic heterocycles. The molecule has 1 aliphatic heterocycles. The standard InChI is InChI=1S/C12H16O.C2H6/c1-8(2)10-4-5-12-9(3)13-7-11(12)6-10;1-2/h4-6,8-9H,7H2,1-3H3;1-2H3. The van der Waals surface area contributed by atoms with Crippen LogP contribution in [-0.2, 0) is 11.3 Å². The van der Waals surface area contributed by atoms with E-state index in [0.717, 1.165) is 6.61 Å². The van der Waals surface area contributed by atoms with Gasteiger partial charge in [-0.2, -0.15) is 0 Å². The molecule has 84 valence electrons. The van der Waals surface area contributed by atoms with E-state index in [1.54, 1.807) is 0 Å². The number of fused-ring (bicyclic) bond motifs is 1. The Morgan fingerprint density at radius 3 is 2.53 bits per heavy atom. The summed E-state index contributed by atoms with van der Waals surface area (Å²) in [5.74, 6) is 0.612. The van der Waals surface area contributed by atoms with Crippen molar-refractivity contribution in [1.82, 2.24) is 0 Å². The van der Waals surface area contributed by atoms with Crippen LogP contribution in [0.2, 0.25) is 0 Å². The summed E-state index contributed by atoms with van der Waals surface area (Å²) < 4.78 is 5.56. The second-order valence-electron chi connectivity index (χ2n) is 4.07. The largest absolute Gasteiger partial charge is 0.369 e. The fourth-order valence-corrected chi connectivity index (χ4v) is 1.81. The molecule has 0 fully saturated rings. The first-order valence-electron chi connectivity index (χ1n) is 5.93. The van der Waals surface area contributed by atoms with Gasteiger partial charge in [0.25, 0.3) is 0 Å². The monoisotopic (exact) mass is 206 g/mol. The Balaban J connectivity index is 0.000000531. The maximum Gasteiger partial charge on any atom is 0.0804 e. The number of rotatable bonds is 1. The van der Waals surface area contributed by atoms with E-state index in [-0.39, 0.29) is 6.10 Å². The Bertz CT molecular complexity index is 315. The molecule has 2 rings (SSSR count). The van der Waals surface area contributed by atoms with Crippen molar-refractivity contribution >= 4 is 0 Å². The van der Waals surface area contributed by atoms with Crippen molar-refractivity contribution in [3.8, 4) is 0 Å². The van der Waals surface area contributed by atoms with Crippen LogP contribution >= 0.6 is 0 Å². The minimum absolute atomic E-state index is 0.288. The van der Waals surface area contributed by atoms with Gasteiger partial charge < -0.3 is 4.74 Å². The molecule has 0 aliphatic carbocycles. The van der Waals surface area contributed by atoms with Crippen LogP contribution < -0.4 is 0 Å². The van der Waals surface area contributed by atoms with Crippen LogP contribution in [0.25, 0.3) is 0 Å². The first-order valence-corrected chi connectivity index (χ1v) is 5.93. The molecule has 0 saturated carbocycles. The maximum atomic E-state index is 5.56. The summed E-state index contributed by atoms with van der Waals surface area (Å²) in [5.41, 5.74) is 4.15. The van der Waals surface area contributed by atoms with Crippen LogP contribution in [0.5, 0.6) is 0 Å². The second kappa shape index (κ2) is 5.32. The molecule has 15 heavy (non-hydrogen) atoms. The van der Waals surface area contributed by atoms with Gasteiger partial charge in [0.15, 0.2) is 0 Å². The SMILES string of the molecule is CC.CC(C)c1ccc2c(c1)COC2C. The molecule has 0 radical (unpaired) electrons. The van der Waals surface area contributed by atoms with E-state index in [2.05, 4.69) is 39.0 Å². The Morgan fingerprint density at radius 2 is 1.93 bits per heavy atom. The van der Waals surface area contributed by atoms with Gasteiger partial charge in [0.2, 0.25) is 0 Å². The summed E-state index contributed by atoms with van der Waals surface area (Å²) in [7, 11) is 0. The van der Waals surface area contributed by atoms with Crippen molar-refractivity contribution in [3.63, 3.8) is 0 Å².